The van der Waals surface area contributed by atoms with Gasteiger partial charge in [0.2, 0.25) is 5.91 Å². The van der Waals surface area contributed by atoms with Gasteiger partial charge < -0.3 is 9.64 Å². The van der Waals surface area contributed by atoms with Crippen molar-refractivity contribution in [1.29, 1.82) is 0 Å². The lowest BCUT2D eigenvalue weighted by molar-refractivity contribution is -0.121. The maximum atomic E-state index is 12.2. The van der Waals surface area contributed by atoms with E-state index in [1.807, 2.05) is 30.3 Å². The van der Waals surface area contributed by atoms with E-state index < -0.39 is 0 Å². The Morgan fingerprint density at radius 1 is 1.23 bits per heavy atom. The van der Waals surface area contributed by atoms with Crippen LogP contribution in [-0.2, 0) is 11.2 Å². The normalized spacial score (nSPS) is 14.9. The van der Waals surface area contributed by atoms with Crippen molar-refractivity contribution < 1.29 is 9.53 Å². The molecule has 1 N–H and O–H groups in total. The van der Waals surface area contributed by atoms with Crippen LogP contribution >= 0.6 is 0 Å². The molecule has 1 amide bonds. The second kappa shape index (κ2) is 9.82. The zero-order valence-corrected chi connectivity index (χ0v) is 19.2. The number of ether oxygens (including phenoxy) is 1. The van der Waals surface area contributed by atoms with Crippen molar-refractivity contribution in [3.63, 3.8) is 0 Å². The molecule has 0 saturated heterocycles. The van der Waals surface area contributed by atoms with Gasteiger partial charge in [0, 0.05) is 35.8 Å². The summed E-state index contributed by atoms with van der Waals surface area (Å²) in [6.07, 6.45) is 6.12. The van der Waals surface area contributed by atoms with E-state index in [0.29, 0.717) is 12.8 Å². The second-order valence-electron chi connectivity index (χ2n) is 8.52. The molecule has 5 nitrogen and oxygen atoms in total. The van der Waals surface area contributed by atoms with Gasteiger partial charge in [0.1, 0.15) is 5.75 Å². The Kier molecular flexibility index (Phi) is 7.16. The Balaban J connectivity index is 1.76. The van der Waals surface area contributed by atoms with Crippen LogP contribution in [0.5, 0.6) is 5.75 Å². The molecular weight excluding hydrogens is 386 g/mol. The van der Waals surface area contributed by atoms with Crippen molar-refractivity contribution in [2.75, 3.05) is 18.6 Å². The molecule has 0 unspecified atom stereocenters. The van der Waals surface area contributed by atoms with E-state index in [9.17, 15) is 4.79 Å². The summed E-state index contributed by atoms with van der Waals surface area (Å²) in [5, 5.41) is 4.18. The average Bonchev–Trinajstić information content (AvgIpc) is 2.75. The summed E-state index contributed by atoms with van der Waals surface area (Å²) < 4.78 is 5.65. The highest BCUT2D eigenvalue weighted by atomic mass is 16.5. The zero-order chi connectivity index (χ0) is 22.4. The van der Waals surface area contributed by atoms with E-state index in [-0.39, 0.29) is 11.4 Å². The van der Waals surface area contributed by atoms with E-state index in [0.717, 1.165) is 29.8 Å². The maximum Gasteiger partial charge on any atom is 0.240 e. The first-order valence-corrected chi connectivity index (χ1v) is 10.9. The third-order valence-corrected chi connectivity index (χ3v) is 5.65. The molecule has 3 rings (SSSR count). The highest BCUT2D eigenvalue weighted by Crippen LogP contribution is 2.41. The number of anilines is 1. The molecule has 164 valence electrons. The van der Waals surface area contributed by atoms with Gasteiger partial charge in [-0.3, -0.25) is 4.79 Å². The topological polar surface area (TPSA) is 53.9 Å². The van der Waals surface area contributed by atoms with Crippen LogP contribution in [0.25, 0.3) is 5.57 Å². The summed E-state index contributed by atoms with van der Waals surface area (Å²) in [5.41, 5.74) is 8.14. The molecule has 1 aliphatic rings. The number of carbonyl (C=O) groups is 1. The Morgan fingerprint density at radius 2 is 1.97 bits per heavy atom. The second-order valence-corrected chi connectivity index (χ2v) is 8.52. The molecule has 0 atom stereocenters. The number of benzene rings is 2. The Hall–Kier alpha value is -3.08. The van der Waals surface area contributed by atoms with Gasteiger partial charge in [0.15, 0.2) is 0 Å². The van der Waals surface area contributed by atoms with Crippen LogP contribution in [0.4, 0.5) is 5.69 Å². The van der Waals surface area contributed by atoms with Crippen LogP contribution in [0.2, 0.25) is 0 Å². The first-order chi connectivity index (χ1) is 14.9. The number of carbonyl (C=O) groups excluding carboxylic acids is 1. The highest BCUT2D eigenvalue weighted by Gasteiger charge is 2.31. The van der Waals surface area contributed by atoms with Crippen LogP contribution in [0, 0.1) is 0 Å². The van der Waals surface area contributed by atoms with Crippen molar-refractivity contribution in [2.45, 2.75) is 52.5 Å². The molecule has 1 aliphatic heterocycles. The van der Waals surface area contributed by atoms with Crippen molar-refractivity contribution in [3.05, 3.63) is 65.2 Å². The third-order valence-electron chi connectivity index (χ3n) is 5.65. The van der Waals surface area contributed by atoms with Crippen LogP contribution in [0.15, 0.2) is 53.6 Å². The maximum absolute atomic E-state index is 12.2. The minimum Gasteiger partial charge on any atom is -0.496 e. The number of nitrogens with zero attached hydrogens (tertiary/aromatic N) is 2. The number of fused-ring (bicyclic) bond motifs is 1. The Labute approximate surface area is 185 Å². The molecule has 0 bridgehead atoms. The van der Waals surface area contributed by atoms with Gasteiger partial charge in [-0.15, -0.1) is 0 Å². The van der Waals surface area contributed by atoms with Crippen LogP contribution in [0.1, 0.15) is 57.2 Å². The molecule has 2 aromatic rings. The predicted molar refractivity (Wildman–Crippen MR) is 129 cm³/mol. The fourth-order valence-corrected chi connectivity index (χ4v) is 4.16. The van der Waals surface area contributed by atoms with E-state index >= 15 is 0 Å². The smallest absolute Gasteiger partial charge is 0.240 e. The number of hydrogen-bond donors (Lipinski definition) is 1. The van der Waals surface area contributed by atoms with E-state index in [1.54, 1.807) is 13.3 Å². The number of rotatable bonds is 8. The van der Waals surface area contributed by atoms with Gasteiger partial charge in [-0.05, 0) is 50.8 Å². The van der Waals surface area contributed by atoms with Gasteiger partial charge in [-0.2, -0.15) is 5.10 Å². The number of nitrogens with one attached hydrogen (secondary N) is 1. The lowest BCUT2D eigenvalue weighted by Crippen LogP contribution is -2.45. The van der Waals surface area contributed by atoms with Crippen molar-refractivity contribution in [1.82, 2.24) is 5.43 Å². The molecule has 1 heterocycles. The molecule has 31 heavy (non-hydrogen) atoms. The lowest BCUT2D eigenvalue weighted by Gasteiger charge is -2.43. The van der Waals surface area contributed by atoms with Crippen molar-refractivity contribution in [3.8, 4) is 5.75 Å². The SMILES string of the molecule is CCCN1c2cc(OC)c(/C=N/NC(=O)CCc3ccccc3)cc2C(C)=CC1(C)C. The lowest BCUT2D eigenvalue weighted by atomic mass is 9.87. The molecule has 0 aliphatic carbocycles. The van der Waals surface area contributed by atoms with E-state index in [1.165, 1.54) is 16.8 Å². The van der Waals surface area contributed by atoms with Gasteiger partial charge in [0.05, 0.1) is 18.9 Å². The quantitative estimate of drug-likeness (QED) is 0.473. The highest BCUT2D eigenvalue weighted by molar-refractivity contribution is 5.91. The summed E-state index contributed by atoms with van der Waals surface area (Å²) >= 11 is 0. The molecular formula is C26H33N3O2. The summed E-state index contributed by atoms with van der Waals surface area (Å²) in [6, 6.07) is 14.2. The fraction of sp³-hybridized carbons (Fsp3) is 0.385. The standard InChI is InChI=1S/C26H33N3O2/c1-6-14-29-23-16-24(31-5)21(15-22(23)19(2)17-26(29,3)4)18-27-28-25(30)13-12-20-10-8-7-9-11-20/h7-11,15-18H,6,12-14H2,1-5H3,(H,28,30)/b27-18+. The summed E-state index contributed by atoms with van der Waals surface area (Å²) in [7, 11) is 1.67. The van der Waals surface area contributed by atoms with Crippen LogP contribution < -0.4 is 15.1 Å². The monoisotopic (exact) mass is 419 g/mol. The zero-order valence-electron chi connectivity index (χ0n) is 19.2. The number of aryl methyl sites for hydroxylation is 1. The molecule has 0 saturated carbocycles. The summed E-state index contributed by atoms with van der Waals surface area (Å²) in [4.78, 5) is 14.6. The van der Waals surface area contributed by atoms with Crippen LogP contribution in [0.3, 0.4) is 0 Å². The Bertz CT molecular complexity index is 978. The number of methoxy groups -OCH3 is 1. The van der Waals surface area contributed by atoms with E-state index in [2.05, 4.69) is 61.3 Å². The van der Waals surface area contributed by atoms with Crippen LogP contribution in [-0.4, -0.2) is 31.3 Å². The molecule has 5 heteroatoms. The number of hydrogen-bond acceptors (Lipinski definition) is 4. The number of hydrazone groups is 1. The van der Waals surface area contributed by atoms with Gasteiger partial charge >= 0.3 is 0 Å². The largest absolute Gasteiger partial charge is 0.496 e. The first-order valence-electron chi connectivity index (χ1n) is 10.9. The predicted octanol–water partition coefficient (Wildman–Crippen LogP) is 5.19. The number of allylic oxidation sites excluding steroid dienone is 1. The van der Waals surface area contributed by atoms with Crippen molar-refractivity contribution >= 4 is 23.4 Å². The summed E-state index contributed by atoms with van der Waals surface area (Å²) in [6.45, 7) is 9.78. The van der Waals surface area contributed by atoms with Gasteiger partial charge in [0.25, 0.3) is 0 Å². The first kappa shape index (κ1) is 22.6. The average molecular weight is 420 g/mol. The van der Waals surface area contributed by atoms with Crippen molar-refractivity contribution in [2.24, 2.45) is 5.10 Å². The Morgan fingerprint density at radius 3 is 2.65 bits per heavy atom. The van der Waals surface area contributed by atoms with Gasteiger partial charge in [-0.1, -0.05) is 43.3 Å². The molecule has 2 aromatic carbocycles. The molecule has 0 aromatic heterocycles. The number of amides is 1. The molecule has 0 spiro atoms. The fourth-order valence-electron chi connectivity index (χ4n) is 4.16. The summed E-state index contributed by atoms with van der Waals surface area (Å²) in [5.74, 6) is 0.636. The minimum absolute atomic E-state index is 0.0551. The molecule has 0 fully saturated rings. The molecule has 0 radical (unpaired) electrons. The minimum atomic E-state index is -0.107. The third kappa shape index (κ3) is 5.35. The van der Waals surface area contributed by atoms with Gasteiger partial charge in [-0.25, -0.2) is 5.43 Å². The van der Waals surface area contributed by atoms with E-state index in [4.69, 9.17) is 4.74 Å².